The number of carboxylic acids is 1. The van der Waals surface area contributed by atoms with Crippen LogP contribution in [0, 0.1) is 17.5 Å². The summed E-state index contributed by atoms with van der Waals surface area (Å²) in [5.41, 5.74) is 6.67. The molecule has 1 atom stereocenters. The summed E-state index contributed by atoms with van der Waals surface area (Å²) in [6, 6.07) is 0.375. The van der Waals surface area contributed by atoms with E-state index in [0.717, 1.165) is 18.5 Å². The summed E-state index contributed by atoms with van der Waals surface area (Å²) in [5, 5.41) is 17.1. The van der Waals surface area contributed by atoms with Crippen LogP contribution in [0.15, 0.2) is 24.5 Å². The fraction of sp³-hybridized carbons (Fsp3) is 0.300. The molecule has 1 aromatic carbocycles. The second-order valence-corrected chi connectivity index (χ2v) is 7.55. The first-order valence-electron chi connectivity index (χ1n) is 9.87. The molecule has 3 N–H and O–H groups in total. The van der Waals surface area contributed by atoms with Gasteiger partial charge in [0.25, 0.3) is 0 Å². The lowest BCUT2D eigenvalue weighted by Gasteiger charge is -2.28. The first-order chi connectivity index (χ1) is 15.7. The minimum atomic E-state index is -1.29. The highest BCUT2D eigenvalue weighted by Gasteiger charge is 2.28. The smallest absolute Gasteiger partial charge is 0.338 e. The third-order valence-corrected chi connectivity index (χ3v) is 5.23. The topological polar surface area (TPSA) is 140 Å². The molecule has 1 aliphatic heterocycles. The molecule has 1 aliphatic rings. The van der Waals surface area contributed by atoms with Crippen LogP contribution in [0.25, 0.3) is 11.5 Å². The van der Waals surface area contributed by atoms with Crippen LogP contribution in [0.2, 0.25) is 0 Å². The molecular weight excluding hydrogens is 443 g/mol. The van der Waals surface area contributed by atoms with E-state index in [-0.39, 0.29) is 42.2 Å². The SMILES string of the molecule is N[C@@H](CC(=O)N1CCn2nnc(-c3ncc(C(=O)O)cn3)c2C1)Cc1cc(F)c(F)cc1F. The quantitative estimate of drug-likeness (QED) is 0.521. The summed E-state index contributed by atoms with van der Waals surface area (Å²) >= 11 is 0. The number of nitrogens with zero attached hydrogens (tertiary/aromatic N) is 6. The zero-order chi connectivity index (χ0) is 23.7. The lowest BCUT2D eigenvalue weighted by molar-refractivity contribution is -0.133. The van der Waals surface area contributed by atoms with Crippen molar-refractivity contribution in [1.29, 1.82) is 0 Å². The summed E-state index contributed by atoms with van der Waals surface area (Å²) in [5.74, 6) is -4.72. The van der Waals surface area contributed by atoms with Crippen molar-refractivity contribution in [2.24, 2.45) is 5.73 Å². The van der Waals surface area contributed by atoms with Crippen LogP contribution < -0.4 is 5.73 Å². The van der Waals surface area contributed by atoms with E-state index >= 15 is 0 Å². The molecule has 0 fully saturated rings. The predicted octanol–water partition coefficient (Wildman–Crippen LogP) is 1.15. The second-order valence-electron chi connectivity index (χ2n) is 7.55. The van der Waals surface area contributed by atoms with E-state index in [2.05, 4.69) is 20.3 Å². The van der Waals surface area contributed by atoms with Crippen molar-refractivity contribution in [1.82, 2.24) is 29.9 Å². The molecule has 10 nitrogen and oxygen atoms in total. The Morgan fingerprint density at radius 3 is 2.48 bits per heavy atom. The normalized spacial score (nSPS) is 14.1. The summed E-state index contributed by atoms with van der Waals surface area (Å²) in [6.45, 7) is 0.825. The van der Waals surface area contributed by atoms with E-state index in [0.29, 0.717) is 30.5 Å². The van der Waals surface area contributed by atoms with E-state index in [1.54, 1.807) is 4.68 Å². The molecule has 3 aromatic rings. The maximum absolute atomic E-state index is 13.9. The Morgan fingerprint density at radius 1 is 1.09 bits per heavy atom. The van der Waals surface area contributed by atoms with E-state index in [9.17, 15) is 22.8 Å². The van der Waals surface area contributed by atoms with Crippen LogP contribution in [0.4, 0.5) is 13.2 Å². The number of hydrogen-bond donors (Lipinski definition) is 2. The van der Waals surface area contributed by atoms with Gasteiger partial charge in [-0.1, -0.05) is 5.21 Å². The van der Waals surface area contributed by atoms with Crippen LogP contribution in [0.3, 0.4) is 0 Å². The molecule has 0 unspecified atom stereocenters. The van der Waals surface area contributed by atoms with Crippen molar-refractivity contribution in [2.75, 3.05) is 6.54 Å². The Labute approximate surface area is 184 Å². The van der Waals surface area contributed by atoms with Gasteiger partial charge in [0.05, 0.1) is 24.3 Å². The highest BCUT2D eigenvalue weighted by molar-refractivity contribution is 5.86. The van der Waals surface area contributed by atoms with Gasteiger partial charge in [0.1, 0.15) is 5.82 Å². The maximum Gasteiger partial charge on any atom is 0.338 e. The van der Waals surface area contributed by atoms with E-state index in [1.807, 2.05) is 0 Å². The van der Waals surface area contributed by atoms with E-state index < -0.39 is 29.5 Å². The van der Waals surface area contributed by atoms with Crippen molar-refractivity contribution in [2.45, 2.75) is 32.0 Å². The number of amides is 1. The third-order valence-electron chi connectivity index (χ3n) is 5.23. The molecule has 0 spiro atoms. The zero-order valence-electron chi connectivity index (χ0n) is 17.1. The molecule has 0 radical (unpaired) electrons. The number of carbonyl (C=O) groups excluding carboxylic acids is 1. The van der Waals surface area contributed by atoms with Crippen LogP contribution in [-0.4, -0.2) is 59.4 Å². The largest absolute Gasteiger partial charge is 0.478 e. The van der Waals surface area contributed by atoms with Gasteiger partial charge in [-0.15, -0.1) is 5.10 Å². The molecular formula is C20H18F3N7O3. The van der Waals surface area contributed by atoms with E-state index in [4.69, 9.17) is 10.8 Å². The maximum atomic E-state index is 13.9. The van der Waals surface area contributed by atoms with Crippen LogP contribution in [-0.2, 0) is 24.3 Å². The monoisotopic (exact) mass is 461 g/mol. The first kappa shape index (κ1) is 22.3. The van der Waals surface area contributed by atoms with Gasteiger partial charge in [0.2, 0.25) is 5.91 Å². The fourth-order valence-electron chi connectivity index (χ4n) is 3.52. The first-order valence-corrected chi connectivity index (χ1v) is 9.87. The summed E-state index contributed by atoms with van der Waals surface area (Å²) < 4.78 is 42.0. The van der Waals surface area contributed by atoms with Crippen molar-refractivity contribution >= 4 is 11.9 Å². The Balaban J connectivity index is 1.44. The van der Waals surface area contributed by atoms with Crippen LogP contribution in [0.1, 0.15) is 28.0 Å². The summed E-state index contributed by atoms with van der Waals surface area (Å²) in [4.78, 5) is 33.3. The Hall–Kier alpha value is -3.87. The van der Waals surface area contributed by atoms with Gasteiger partial charge >= 0.3 is 5.97 Å². The van der Waals surface area contributed by atoms with Gasteiger partial charge in [-0.3, -0.25) is 4.79 Å². The van der Waals surface area contributed by atoms with Crippen molar-refractivity contribution in [3.63, 3.8) is 0 Å². The highest BCUT2D eigenvalue weighted by atomic mass is 19.2. The molecule has 172 valence electrons. The Morgan fingerprint density at radius 2 is 1.79 bits per heavy atom. The molecule has 0 saturated carbocycles. The predicted molar refractivity (Wildman–Crippen MR) is 106 cm³/mol. The average molecular weight is 461 g/mol. The average Bonchev–Trinajstić information content (AvgIpc) is 3.20. The summed E-state index contributed by atoms with van der Waals surface area (Å²) in [6.07, 6.45) is 2.02. The number of fused-ring (bicyclic) bond motifs is 1. The summed E-state index contributed by atoms with van der Waals surface area (Å²) in [7, 11) is 0. The van der Waals surface area contributed by atoms with Gasteiger partial charge in [-0.05, 0) is 18.1 Å². The number of benzene rings is 1. The lowest BCUT2D eigenvalue weighted by atomic mass is 10.0. The highest BCUT2D eigenvalue weighted by Crippen LogP contribution is 2.23. The van der Waals surface area contributed by atoms with Gasteiger partial charge in [0, 0.05) is 37.5 Å². The van der Waals surface area contributed by atoms with Crippen molar-refractivity contribution < 1.29 is 27.9 Å². The van der Waals surface area contributed by atoms with Gasteiger partial charge in [-0.2, -0.15) is 0 Å². The molecule has 0 bridgehead atoms. The Kier molecular flexibility index (Phi) is 6.05. The number of hydrogen-bond acceptors (Lipinski definition) is 7. The standard InChI is InChI=1S/C20H18F3N7O3/c21-13-6-15(23)14(22)4-10(13)3-12(24)5-17(31)29-1-2-30-16(9-29)18(27-28-30)19-25-7-11(8-26-19)20(32)33/h4,6-8,12H,1-3,5,9,24H2,(H,32,33)/t12-/m1/s1. The number of nitrogens with two attached hydrogens (primary N) is 1. The minimum Gasteiger partial charge on any atom is -0.478 e. The lowest BCUT2D eigenvalue weighted by Crippen LogP contribution is -2.41. The number of carboxylic acid groups (broad SMARTS) is 1. The minimum absolute atomic E-state index is 0.0805. The van der Waals surface area contributed by atoms with Gasteiger partial charge in [-0.25, -0.2) is 32.6 Å². The fourth-order valence-corrected chi connectivity index (χ4v) is 3.52. The molecule has 4 rings (SSSR count). The van der Waals surface area contributed by atoms with Crippen molar-refractivity contribution in [3.8, 4) is 11.5 Å². The molecule has 0 aliphatic carbocycles. The van der Waals surface area contributed by atoms with E-state index in [1.165, 1.54) is 4.90 Å². The molecule has 3 heterocycles. The number of aromatic nitrogens is 5. The number of rotatable bonds is 6. The Bertz CT molecular complexity index is 1220. The molecule has 2 aromatic heterocycles. The van der Waals surface area contributed by atoms with Gasteiger partial charge in [0.15, 0.2) is 23.2 Å². The second kappa shape index (κ2) is 8.94. The number of halogens is 3. The molecule has 1 amide bonds. The van der Waals surface area contributed by atoms with Gasteiger partial charge < -0.3 is 15.7 Å². The molecule has 0 saturated heterocycles. The zero-order valence-corrected chi connectivity index (χ0v) is 17.1. The van der Waals surface area contributed by atoms with Crippen LogP contribution >= 0.6 is 0 Å². The third kappa shape index (κ3) is 4.67. The van der Waals surface area contributed by atoms with Crippen LogP contribution in [0.5, 0.6) is 0 Å². The number of aromatic carboxylic acids is 1. The van der Waals surface area contributed by atoms with Crippen molar-refractivity contribution in [3.05, 3.63) is 58.8 Å². The molecule has 33 heavy (non-hydrogen) atoms. The number of carbonyl (C=O) groups is 2. The molecule has 13 heteroatoms.